The lowest BCUT2D eigenvalue weighted by Crippen LogP contribution is -2.16. The van der Waals surface area contributed by atoms with Crippen molar-refractivity contribution in [1.82, 2.24) is 0 Å². The predicted octanol–water partition coefficient (Wildman–Crippen LogP) is 4.83. The van der Waals surface area contributed by atoms with E-state index in [9.17, 15) is 9.18 Å². The van der Waals surface area contributed by atoms with Crippen molar-refractivity contribution in [3.63, 3.8) is 0 Å². The lowest BCUT2D eigenvalue weighted by atomic mass is 9.87. The van der Waals surface area contributed by atoms with Crippen LogP contribution < -0.4 is 5.73 Å². The Kier molecular flexibility index (Phi) is 7.13. The number of carbonyl (C=O) groups excluding carboxylic acids is 1. The van der Waals surface area contributed by atoms with Crippen molar-refractivity contribution < 1.29 is 9.18 Å². The molecular formula is C15H20BrClFNO. The first-order chi connectivity index (χ1) is 9.38. The van der Waals surface area contributed by atoms with E-state index in [1.54, 1.807) is 6.07 Å². The molecule has 0 aromatic heterocycles. The Labute approximate surface area is 133 Å². The SMILES string of the molecule is CC(C)C(CCN)CCC(=O)c1ccc(Br)c(Cl)c1F. The number of Topliss-reactive ketones (excluding diaryl/α,β-unsaturated/α-hetero) is 1. The number of nitrogens with two attached hydrogens (primary N) is 1. The van der Waals surface area contributed by atoms with Crippen LogP contribution in [-0.2, 0) is 0 Å². The summed E-state index contributed by atoms with van der Waals surface area (Å²) >= 11 is 8.93. The second-order valence-corrected chi connectivity index (χ2v) is 6.50. The second kappa shape index (κ2) is 8.11. The third kappa shape index (κ3) is 4.54. The summed E-state index contributed by atoms with van der Waals surface area (Å²) in [7, 11) is 0. The molecule has 0 amide bonds. The van der Waals surface area contributed by atoms with Gasteiger partial charge in [-0.25, -0.2) is 4.39 Å². The molecule has 0 aliphatic rings. The van der Waals surface area contributed by atoms with Gasteiger partial charge in [0.2, 0.25) is 0 Å². The summed E-state index contributed by atoms with van der Waals surface area (Å²) in [6, 6.07) is 3.07. The van der Waals surface area contributed by atoms with Gasteiger partial charge in [0.1, 0.15) is 0 Å². The molecule has 1 aromatic rings. The fourth-order valence-electron chi connectivity index (χ4n) is 2.22. The Hall–Kier alpha value is -0.450. The maximum Gasteiger partial charge on any atom is 0.165 e. The zero-order valence-corrected chi connectivity index (χ0v) is 14.1. The summed E-state index contributed by atoms with van der Waals surface area (Å²) in [6.45, 7) is 4.83. The predicted molar refractivity (Wildman–Crippen MR) is 84.7 cm³/mol. The number of carbonyl (C=O) groups is 1. The lowest BCUT2D eigenvalue weighted by molar-refractivity contribution is 0.0965. The Bertz CT molecular complexity index is 479. The number of benzene rings is 1. The molecule has 0 aliphatic carbocycles. The average molecular weight is 365 g/mol. The van der Waals surface area contributed by atoms with Crippen molar-refractivity contribution in [2.45, 2.75) is 33.1 Å². The standard InChI is InChI=1S/C15H20BrClFNO/c1-9(2)10(7-8-19)3-6-13(20)11-4-5-12(16)14(17)15(11)18/h4-5,9-10H,3,6-8,19H2,1-2H3. The van der Waals surface area contributed by atoms with Gasteiger partial charge in [0, 0.05) is 10.9 Å². The molecule has 1 unspecified atom stereocenters. The molecule has 5 heteroatoms. The quantitative estimate of drug-likeness (QED) is 0.556. The zero-order valence-electron chi connectivity index (χ0n) is 11.8. The Morgan fingerprint density at radius 2 is 2.05 bits per heavy atom. The van der Waals surface area contributed by atoms with Crippen molar-refractivity contribution in [3.05, 3.63) is 33.0 Å². The minimum Gasteiger partial charge on any atom is -0.330 e. The van der Waals surface area contributed by atoms with Gasteiger partial charge in [0.05, 0.1) is 10.6 Å². The van der Waals surface area contributed by atoms with E-state index in [0.717, 1.165) is 12.8 Å². The van der Waals surface area contributed by atoms with Crippen molar-refractivity contribution in [2.24, 2.45) is 17.6 Å². The second-order valence-electron chi connectivity index (χ2n) is 5.27. The summed E-state index contributed by atoms with van der Waals surface area (Å²) in [6.07, 6.45) is 1.92. The van der Waals surface area contributed by atoms with Gasteiger partial charge in [-0.3, -0.25) is 4.79 Å². The van der Waals surface area contributed by atoms with E-state index in [1.165, 1.54) is 6.07 Å². The van der Waals surface area contributed by atoms with Gasteiger partial charge in [-0.2, -0.15) is 0 Å². The number of rotatable bonds is 7. The molecule has 0 bridgehead atoms. The van der Waals surface area contributed by atoms with Gasteiger partial charge in [0.25, 0.3) is 0 Å². The molecule has 2 N–H and O–H groups in total. The molecule has 1 atom stereocenters. The Morgan fingerprint density at radius 3 is 2.60 bits per heavy atom. The van der Waals surface area contributed by atoms with Crippen molar-refractivity contribution in [1.29, 1.82) is 0 Å². The first-order valence-corrected chi connectivity index (χ1v) is 7.92. The molecular weight excluding hydrogens is 345 g/mol. The van der Waals surface area contributed by atoms with Crippen LogP contribution in [0.5, 0.6) is 0 Å². The van der Waals surface area contributed by atoms with Crippen LogP contribution in [0.4, 0.5) is 4.39 Å². The Balaban J connectivity index is 2.74. The van der Waals surface area contributed by atoms with Gasteiger partial charge in [-0.15, -0.1) is 0 Å². The molecule has 1 aromatic carbocycles. The van der Waals surface area contributed by atoms with Crippen LogP contribution >= 0.6 is 27.5 Å². The topological polar surface area (TPSA) is 43.1 Å². The summed E-state index contributed by atoms with van der Waals surface area (Å²) in [5, 5.41) is -0.0433. The van der Waals surface area contributed by atoms with Crippen molar-refractivity contribution in [2.75, 3.05) is 6.54 Å². The van der Waals surface area contributed by atoms with Gasteiger partial charge in [-0.05, 0) is 59.3 Å². The first kappa shape index (κ1) is 17.6. The van der Waals surface area contributed by atoms with E-state index < -0.39 is 5.82 Å². The Morgan fingerprint density at radius 1 is 1.40 bits per heavy atom. The van der Waals surface area contributed by atoms with Gasteiger partial charge in [0.15, 0.2) is 11.6 Å². The van der Waals surface area contributed by atoms with E-state index in [-0.39, 0.29) is 16.4 Å². The monoisotopic (exact) mass is 363 g/mol. The van der Waals surface area contributed by atoms with E-state index in [1.807, 2.05) is 0 Å². The van der Waals surface area contributed by atoms with E-state index in [4.69, 9.17) is 17.3 Å². The highest BCUT2D eigenvalue weighted by molar-refractivity contribution is 9.10. The summed E-state index contributed by atoms with van der Waals surface area (Å²) in [5.74, 6) is -0.00632. The average Bonchev–Trinajstić information content (AvgIpc) is 2.40. The molecule has 0 fully saturated rings. The van der Waals surface area contributed by atoms with Crippen molar-refractivity contribution in [3.8, 4) is 0 Å². The zero-order chi connectivity index (χ0) is 15.3. The molecule has 2 nitrogen and oxygen atoms in total. The highest BCUT2D eigenvalue weighted by Gasteiger charge is 2.19. The summed E-state index contributed by atoms with van der Waals surface area (Å²) < 4.78 is 14.4. The van der Waals surface area contributed by atoms with Crippen LogP contribution in [0.3, 0.4) is 0 Å². The molecule has 0 heterocycles. The van der Waals surface area contributed by atoms with Crippen molar-refractivity contribution >= 4 is 33.3 Å². The molecule has 112 valence electrons. The molecule has 1 rings (SSSR count). The van der Waals surface area contributed by atoms with Gasteiger partial charge in [-0.1, -0.05) is 25.4 Å². The third-order valence-corrected chi connectivity index (χ3v) is 4.82. The molecule has 0 saturated heterocycles. The van der Waals surface area contributed by atoms with Crippen LogP contribution in [0.15, 0.2) is 16.6 Å². The molecule has 0 saturated carbocycles. The molecule has 0 aliphatic heterocycles. The minimum atomic E-state index is -0.647. The highest BCUT2D eigenvalue weighted by atomic mass is 79.9. The minimum absolute atomic E-state index is 0.0433. The van der Waals surface area contributed by atoms with E-state index in [0.29, 0.717) is 29.3 Å². The smallest absolute Gasteiger partial charge is 0.165 e. The normalized spacial score (nSPS) is 12.8. The summed E-state index contributed by atoms with van der Waals surface area (Å²) in [4.78, 5) is 12.1. The van der Waals surface area contributed by atoms with Crippen LogP contribution in [0.1, 0.15) is 43.5 Å². The fraction of sp³-hybridized carbons (Fsp3) is 0.533. The molecule has 20 heavy (non-hydrogen) atoms. The van der Waals surface area contributed by atoms with Crippen LogP contribution in [0.2, 0.25) is 5.02 Å². The lowest BCUT2D eigenvalue weighted by Gasteiger charge is -2.19. The maximum atomic E-state index is 13.9. The van der Waals surface area contributed by atoms with Crippen LogP contribution in [-0.4, -0.2) is 12.3 Å². The largest absolute Gasteiger partial charge is 0.330 e. The number of ketones is 1. The van der Waals surface area contributed by atoms with E-state index in [2.05, 4.69) is 29.8 Å². The third-order valence-electron chi connectivity index (χ3n) is 3.56. The first-order valence-electron chi connectivity index (χ1n) is 6.75. The van der Waals surface area contributed by atoms with Gasteiger partial charge < -0.3 is 5.73 Å². The van der Waals surface area contributed by atoms with E-state index >= 15 is 0 Å². The number of hydrogen-bond donors (Lipinski definition) is 1. The van der Waals surface area contributed by atoms with Crippen LogP contribution in [0, 0.1) is 17.7 Å². The highest BCUT2D eigenvalue weighted by Crippen LogP contribution is 2.29. The summed E-state index contributed by atoms with van der Waals surface area (Å²) in [5.41, 5.74) is 5.64. The molecule has 0 spiro atoms. The van der Waals surface area contributed by atoms with Gasteiger partial charge >= 0.3 is 0 Å². The number of halogens is 3. The van der Waals surface area contributed by atoms with Crippen LogP contribution in [0.25, 0.3) is 0 Å². The molecule has 0 radical (unpaired) electrons. The maximum absolute atomic E-state index is 13.9. The number of hydrogen-bond acceptors (Lipinski definition) is 2. The fourth-order valence-corrected chi connectivity index (χ4v) is 2.69.